The van der Waals surface area contributed by atoms with Crippen LogP contribution in [0, 0.1) is 6.92 Å². The predicted molar refractivity (Wildman–Crippen MR) is 104 cm³/mol. The van der Waals surface area contributed by atoms with E-state index < -0.39 is 0 Å². The Morgan fingerprint density at radius 3 is 2.28 bits per heavy atom. The first-order chi connectivity index (χ1) is 12.2. The first kappa shape index (κ1) is 15.9. The van der Waals surface area contributed by atoms with Crippen LogP contribution < -0.4 is 14.4 Å². The van der Waals surface area contributed by atoms with Crippen LogP contribution in [0.3, 0.4) is 0 Å². The first-order valence-corrected chi connectivity index (χ1v) is 9.80. The summed E-state index contributed by atoms with van der Waals surface area (Å²) in [7, 11) is 0. The maximum absolute atomic E-state index is 13.2. The summed E-state index contributed by atoms with van der Waals surface area (Å²) in [4.78, 5) is 13.2. The van der Waals surface area contributed by atoms with E-state index in [4.69, 9.17) is 4.42 Å². The number of hydrogen-bond donors (Lipinski definition) is 0. The summed E-state index contributed by atoms with van der Waals surface area (Å²) >= 11 is -0.122. The van der Waals surface area contributed by atoms with Crippen molar-refractivity contribution < 1.29 is 4.42 Å². The molecule has 2 nitrogen and oxygen atoms in total. The summed E-state index contributed by atoms with van der Waals surface area (Å²) in [6.07, 6.45) is 0. The summed E-state index contributed by atoms with van der Waals surface area (Å²) in [6.45, 7) is 2.05. The summed E-state index contributed by atoms with van der Waals surface area (Å²) in [5, 5.41) is 0.646. The van der Waals surface area contributed by atoms with Crippen LogP contribution in [0.25, 0.3) is 22.3 Å². The van der Waals surface area contributed by atoms with Gasteiger partial charge in [0.05, 0.1) is 0 Å². The number of rotatable bonds is 3. The van der Waals surface area contributed by atoms with Crippen molar-refractivity contribution in [2.75, 3.05) is 0 Å². The van der Waals surface area contributed by atoms with E-state index in [1.165, 1.54) is 0 Å². The summed E-state index contributed by atoms with van der Waals surface area (Å²) < 4.78 is 8.16. The van der Waals surface area contributed by atoms with Gasteiger partial charge in [-0.15, -0.1) is 0 Å². The molecule has 0 spiro atoms. The molecule has 0 aliphatic heterocycles. The third-order valence-corrected chi connectivity index (χ3v) is 6.38. The number of benzene rings is 3. The van der Waals surface area contributed by atoms with Crippen molar-refractivity contribution in [1.29, 1.82) is 0 Å². The van der Waals surface area contributed by atoms with Crippen LogP contribution in [0.2, 0.25) is 0 Å². The van der Waals surface area contributed by atoms with E-state index in [1.807, 2.05) is 73.7 Å². The van der Waals surface area contributed by atoms with Gasteiger partial charge in [0.25, 0.3) is 0 Å². The normalized spacial score (nSPS) is 10.9. The van der Waals surface area contributed by atoms with Gasteiger partial charge in [0.1, 0.15) is 0 Å². The van der Waals surface area contributed by atoms with E-state index in [0.717, 1.165) is 20.1 Å². The summed E-state index contributed by atoms with van der Waals surface area (Å²) in [6, 6.07) is 25.7. The van der Waals surface area contributed by atoms with Crippen LogP contribution in [-0.2, 0) is 0 Å². The van der Waals surface area contributed by atoms with Gasteiger partial charge < -0.3 is 0 Å². The second kappa shape index (κ2) is 6.72. The van der Waals surface area contributed by atoms with Gasteiger partial charge in [0, 0.05) is 0 Å². The van der Waals surface area contributed by atoms with Crippen LogP contribution in [0.1, 0.15) is 5.56 Å². The summed E-state index contributed by atoms with van der Waals surface area (Å²) in [5.41, 5.74) is 2.80. The van der Waals surface area contributed by atoms with Crippen molar-refractivity contribution in [3.8, 4) is 11.3 Å². The molecule has 0 unspecified atom stereocenters. The van der Waals surface area contributed by atoms with E-state index in [9.17, 15) is 4.79 Å². The van der Waals surface area contributed by atoms with Crippen LogP contribution in [0.15, 0.2) is 88.1 Å². The minimum atomic E-state index is -0.122. The second-order valence-electron chi connectivity index (χ2n) is 5.82. The average Bonchev–Trinajstić information content (AvgIpc) is 2.65. The topological polar surface area (TPSA) is 30.2 Å². The molecule has 1 heterocycles. The minimum absolute atomic E-state index is 0.0731. The molecule has 122 valence electrons. The first-order valence-electron chi connectivity index (χ1n) is 8.09. The molecule has 4 rings (SSSR count). The quantitative estimate of drug-likeness (QED) is 0.501. The molecule has 0 fully saturated rings. The van der Waals surface area contributed by atoms with Crippen molar-refractivity contribution in [3.63, 3.8) is 0 Å². The molecule has 3 heteroatoms. The van der Waals surface area contributed by atoms with Gasteiger partial charge in [-0.2, -0.15) is 0 Å². The number of hydrogen-bond acceptors (Lipinski definition) is 2. The molecule has 0 amide bonds. The number of para-hydroxylation sites is 1. The second-order valence-corrected chi connectivity index (χ2v) is 8.09. The molecule has 4 aromatic rings. The molecule has 0 aliphatic rings. The molecule has 0 radical (unpaired) electrons. The molecular formula is C22H16O2Se. The van der Waals surface area contributed by atoms with Gasteiger partial charge in [-0.1, -0.05) is 0 Å². The molecule has 3 aromatic carbocycles. The third kappa shape index (κ3) is 3.04. The van der Waals surface area contributed by atoms with E-state index >= 15 is 0 Å². The molecule has 0 N–H and O–H groups in total. The molecule has 0 saturated heterocycles. The van der Waals surface area contributed by atoms with E-state index in [1.54, 1.807) is 0 Å². The molecule has 0 bridgehead atoms. The fraction of sp³-hybridized carbons (Fsp3) is 0.0455. The van der Waals surface area contributed by atoms with Crippen molar-refractivity contribution in [3.05, 3.63) is 94.6 Å². The standard InChI is InChI=1S/C22H16O2Se/c1-15-9-5-6-12-17(15)21-22(25-16-10-3-2-4-11-16)20(23)18-13-7-8-14-19(18)24-21/h2-14H,1H3. The van der Waals surface area contributed by atoms with Gasteiger partial charge in [0.2, 0.25) is 0 Å². The Labute approximate surface area is 152 Å². The van der Waals surface area contributed by atoms with Gasteiger partial charge in [0.15, 0.2) is 0 Å². The van der Waals surface area contributed by atoms with Gasteiger partial charge >= 0.3 is 152 Å². The van der Waals surface area contributed by atoms with E-state index in [2.05, 4.69) is 12.1 Å². The Bertz CT molecular complexity index is 1100. The molecule has 25 heavy (non-hydrogen) atoms. The number of fused-ring (bicyclic) bond motifs is 1. The molecule has 0 saturated carbocycles. The molecule has 0 atom stereocenters. The maximum atomic E-state index is 13.2. The molecule has 0 aliphatic carbocycles. The Hall–Kier alpha value is -2.61. The Kier molecular flexibility index (Phi) is 4.27. The van der Waals surface area contributed by atoms with E-state index in [-0.39, 0.29) is 20.4 Å². The zero-order valence-electron chi connectivity index (χ0n) is 13.7. The Morgan fingerprint density at radius 2 is 1.48 bits per heavy atom. The van der Waals surface area contributed by atoms with Gasteiger partial charge in [-0.3, -0.25) is 0 Å². The van der Waals surface area contributed by atoms with Crippen molar-refractivity contribution in [1.82, 2.24) is 0 Å². The van der Waals surface area contributed by atoms with Crippen LogP contribution in [0.5, 0.6) is 0 Å². The van der Waals surface area contributed by atoms with Crippen LogP contribution >= 0.6 is 0 Å². The van der Waals surface area contributed by atoms with Gasteiger partial charge in [-0.25, -0.2) is 0 Å². The summed E-state index contributed by atoms with van der Waals surface area (Å²) in [5.74, 6) is 0.700. The van der Waals surface area contributed by atoms with Crippen molar-refractivity contribution in [2.24, 2.45) is 0 Å². The van der Waals surface area contributed by atoms with Gasteiger partial charge in [-0.05, 0) is 0 Å². The number of aryl methyl sites for hydroxylation is 1. The monoisotopic (exact) mass is 392 g/mol. The average molecular weight is 391 g/mol. The Balaban J connectivity index is 2.01. The SMILES string of the molecule is Cc1ccccc1-c1oc2ccccc2c(=O)c1[Se]c1ccccc1. The van der Waals surface area contributed by atoms with Crippen LogP contribution in [-0.4, -0.2) is 15.0 Å². The fourth-order valence-corrected chi connectivity index (χ4v) is 4.88. The fourth-order valence-electron chi connectivity index (χ4n) is 2.83. The predicted octanol–water partition coefficient (Wildman–Crippen LogP) is 3.42. The Morgan fingerprint density at radius 1 is 0.800 bits per heavy atom. The zero-order chi connectivity index (χ0) is 17.2. The third-order valence-electron chi connectivity index (χ3n) is 4.11. The van der Waals surface area contributed by atoms with Crippen molar-refractivity contribution in [2.45, 2.75) is 6.92 Å². The zero-order valence-corrected chi connectivity index (χ0v) is 15.4. The van der Waals surface area contributed by atoms with Crippen molar-refractivity contribution >= 4 is 34.8 Å². The van der Waals surface area contributed by atoms with Crippen LogP contribution in [0.4, 0.5) is 0 Å². The van der Waals surface area contributed by atoms with E-state index in [0.29, 0.717) is 16.7 Å². The molecular weight excluding hydrogens is 375 g/mol. The molecule has 1 aromatic heterocycles.